The van der Waals surface area contributed by atoms with Crippen LogP contribution in [-0.4, -0.2) is 27.0 Å². The highest BCUT2D eigenvalue weighted by Crippen LogP contribution is 2.37. The van der Waals surface area contributed by atoms with Crippen LogP contribution in [0.5, 0.6) is 0 Å². The van der Waals surface area contributed by atoms with Crippen molar-refractivity contribution in [2.75, 3.05) is 7.11 Å². The van der Waals surface area contributed by atoms with Crippen molar-refractivity contribution < 1.29 is 27.0 Å². The predicted octanol–water partition coefficient (Wildman–Crippen LogP) is 5.91. The summed E-state index contributed by atoms with van der Waals surface area (Å²) < 4.78 is 62.9. The van der Waals surface area contributed by atoms with Crippen molar-refractivity contribution >= 4 is 15.9 Å². The van der Waals surface area contributed by atoms with Crippen LogP contribution < -0.4 is 0 Å². The zero-order valence-corrected chi connectivity index (χ0v) is 18.7. The van der Waals surface area contributed by atoms with Crippen LogP contribution in [0.25, 0.3) is 11.4 Å². The fraction of sp³-hybridized carbons (Fsp3) is 0.227. The molecule has 4 rings (SSSR count). The SMILES string of the molecule is COC1=CC(OCc2ccc(C(F)(F)F)nc2)=CCC1c1[nH]c(-c2ccc(F)nc2)nc1Br. The van der Waals surface area contributed by atoms with Gasteiger partial charge in [-0.15, -0.1) is 0 Å². The van der Waals surface area contributed by atoms with E-state index in [4.69, 9.17) is 9.47 Å². The van der Waals surface area contributed by atoms with Gasteiger partial charge in [0.25, 0.3) is 0 Å². The minimum absolute atomic E-state index is 0.0601. The summed E-state index contributed by atoms with van der Waals surface area (Å²) >= 11 is 3.46. The van der Waals surface area contributed by atoms with Gasteiger partial charge in [0.1, 0.15) is 34.2 Å². The van der Waals surface area contributed by atoms with Crippen LogP contribution >= 0.6 is 15.9 Å². The molecule has 0 saturated carbocycles. The quantitative estimate of drug-likeness (QED) is 0.320. The number of nitrogens with zero attached hydrogens (tertiary/aromatic N) is 3. The Hall–Kier alpha value is -3.21. The number of rotatable bonds is 6. The van der Waals surface area contributed by atoms with Crippen molar-refractivity contribution in [3.8, 4) is 11.4 Å². The summed E-state index contributed by atoms with van der Waals surface area (Å²) in [4.78, 5) is 14.8. The van der Waals surface area contributed by atoms with Gasteiger partial charge in [-0.2, -0.15) is 17.6 Å². The molecule has 3 heterocycles. The van der Waals surface area contributed by atoms with Crippen LogP contribution in [0.15, 0.2) is 64.9 Å². The summed E-state index contributed by atoms with van der Waals surface area (Å²) in [6.45, 7) is 0.0601. The number of pyridine rings is 2. The molecule has 0 saturated heterocycles. The zero-order valence-electron chi connectivity index (χ0n) is 17.2. The first kappa shape index (κ1) is 23.0. The Morgan fingerprint density at radius 2 is 1.97 bits per heavy atom. The molecule has 6 nitrogen and oxygen atoms in total. The third kappa shape index (κ3) is 5.24. The van der Waals surface area contributed by atoms with E-state index in [9.17, 15) is 17.6 Å². The van der Waals surface area contributed by atoms with Gasteiger partial charge in [-0.25, -0.2) is 9.97 Å². The molecule has 3 aromatic rings. The molecular formula is C22H17BrF4N4O2. The van der Waals surface area contributed by atoms with Gasteiger partial charge >= 0.3 is 6.18 Å². The first-order chi connectivity index (χ1) is 15.7. The molecule has 0 aromatic carbocycles. The summed E-state index contributed by atoms with van der Waals surface area (Å²) in [5, 5.41) is 0. The van der Waals surface area contributed by atoms with E-state index in [1.165, 1.54) is 25.4 Å². The average molecular weight is 525 g/mol. The van der Waals surface area contributed by atoms with E-state index in [0.29, 0.717) is 39.5 Å². The van der Waals surface area contributed by atoms with Gasteiger partial charge in [0.05, 0.1) is 18.7 Å². The standard InChI is InChI=1S/C22H17BrF4N4O2/c1-32-16-8-14(33-11-12-2-6-17(28-9-12)22(25,26)27)4-5-15(16)19-20(23)31-21(30-19)13-3-7-18(24)29-10-13/h2-4,6-10,15H,5,11H2,1H3,(H,30,31). The van der Waals surface area contributed by atoms with E-state index in [1.54, 1.807) is 12.1 Å². The molecule has 1 aliphatic carbocycles. The van der Waals surface area contributed by atoms with Gasteiger partial charge in [0, 0.05) is 29.6 Å². The lowest BCUT2D eigenvalue weighted by Crippen LogP contribution is -2.11. The summed E-state index contributed by atoms with van der Waals surface area (Å²) in [6.07, 6.45) is 2.16. The van der Waals surface area contributed by atoms with Crippen molar-refractivity contribution in [3.63, 3.8) is 0 Å². The summed E-state index contributed by atoms with van der Waals surface area (Å²) in [6, 6.07) is 5.08. The monoisotopic (exact) mass is 524 g/mol. The van der Waals surface area contributed by atoms with E-state index in [1.807, 2.05) is 6.08 Å². The molecule has 0 radical (unpaired) electrons. The van der Waals surface area contributed by atoms with Gasteiger partial charge in [0.15, 0.2) is 0 Å². The predicted molar refractivity (Wildman–Crippen MR) is 114 cm³/mol. The Morgan fingerprint density at radius 3 is 2.61 bits per heavy atom. The number of imidazole rings is 1. The van der Waals surface area contributed by atoms with E-state index in [-0.39, 0.29) is 12.5 Å². The Kier molecular flexibility index (Phi) is 6.50. The minimum atomic E-state index is -4.48. The lowest BCUT2D eigenvalue weighted by atomic mass is 9.95. The molecule has 0 amide bonds. The van der Waals surface area contributed by atoms with Crippen molar-refractivity contribution in [3.05, 3.63) is 87.8 Å². The Balaban J connectivity index is 1.46. The first-order valence-electron chi connectivity index (χ1n) is 9.72. The zero-order chi connectivity index (χ0) is 23.6. The van der Waals surface area contributed by atoms with E-state index in [2.05, 4.69) is 35.9 Å². The van der Waals surface area contributed by atoms with Crippen LogP contribution in [-0.2, 0) is 22.3 Å². The van der Waals surface area contributed by atoms with E-state index < -0.39 is 17.8 Å². The largest absolute Gasteiger partial charge is 0.500 e. The molecule has 1 N–H and O–H groups in total. The highest BCUT2D eigenvalue weighted by atomic mass is 79.9. The number of methoxy groups -OCH3 is 1. The minimum Gasteiger partial charge on any atom is -0.500 e. The molecule has 172 valence electrons. The maximum absolute atomic E-state index is 13.1. The third-order valence-electron chi connectivity index (χ3n) is 4.97. The number of H-pyrrole nitrogens is 1. The number of nitrogens with one attached hydrogen (secondary N) is 1. The van der Waals surface area contributed by atoms with Crippen LogP contribution in [0.3, 0.4) is 0 Å². The van der Waals surface area contributed by atoms with Crippen molar-refractivity contribution in [1.29, 1.82) is 0 Å². The molecule has 0 bridgehead atoms. The maximum atomic E-state index is 13.1. The van der Waals surface area contributed by atoms with Gasteiger partial charge in [-0.05, 0) is 46.6 Å². The lowest BCUT2D eigenvalue weighted by Gasteiger charge is -2.22. The molecule has 3 aromatic heterocycles. The maximum Gasteiger partial charge on any atom is 0.433 e. The van der Waals surface area contributed by atoms with E-state index in [0.717, 1.165) is 18.0 Å². The Labute approximate surface area is 194 Å². The molecule has 11 heteroatoms. The summed E-state index contributed by atoms with van der Waals surface area (Å²) in [5.74, 6) is 0.916. The van der Waals surface area contributed by atoms with Gasteiger partial charge in [0.2, 0.25) is 5.95 Å². The van der Waals surface area contributed by atoms with E-state index >= 15 is 0 Å². The van der Waals surface area contributed by atoms with Crippen molar-refractivity contribution in [2.45, 2.75) is 25.1 Å². The van der Waals surface area contributed by atoms with Gasteiger partial charge < -0.3 is 14.5 Å². The second-order valence-electron chi connectivity index (χ2n) is 7.14. The molecule has 0 aliphatic heterocycles. The van der Waals surface area contributed by atoms with Gasteiger partial charge in [-0.1, -0.05) is 6.07 Å². The van der Waals surface area contributed by atoms with Crippen LogP contribution in [0.1, 0.15) is 29.3 Å². The number of halogens is 5. The molecule has 0 spiro atoms. The van der Waals surface area contributed by atoms with Crippen LogP contribution in [0.2, 0.25) is 0 Å². The lowest BCUT2D eigenvalue weighted by molar-refractivity contribution is -0.141. The Bertz CT molecular complexity index is 1190. The molecule has 1 aliphatic rings. The number of alkyl halides is 3. The molecule has 0 fully saturated rings. The normalized spacial score (nSPS) is 16.2. The van der Waals surface area contributed by atoms with Gasteiger partial charge in [-0.3, -0.25) is 4.98 Å². The molecule has 1 unspecified atom stereocenters. The number of aromatic amines is 1. The second-order valence-corrected chi connectivity index (χ2v) is 7.89. The third-order valence-corrected chi connectivity index (χ3v) is 5.58. The molecular weight excluding hydrogens is 508 g/mol. The summed E-state index contributed by atoms with van der Waals surface area (Å²) in [5.41, 5.74) is 0.956. The highest BCUT2D eigenvalue weighted by molar-refractivity contribution is 9.10. The van der Waals surface area contributed by atoms with Crippen LogP contribution in [0, 0.1) is 5.95 Å². The number of allylic oxidation sites excluding steroid dienone is 3. The van der Waals surface area contributed by atoms with Crippen molar-refractivity contribution in [1.82, 2.24) is 19.9 Å². The second kappa shape index (κ2) is 9.34. The van der Waals surface area contributed by atoms with Crippen molar-refractivity contribution in [2.24, 2.45) is 0 Å². The average Bonchev–Trinajstić information content (AvgIpc) is 3.19. The number of aromatic nitrogens is 4. The fourth-order valence-electron chi connectivity index (χ4n) is 3.30. The number of hydrogen-bond donors (Lipinski definition) is 1. The summed E-state index contributed by atoms with van der Waals surface area (Å²) in [7, 11) is 1.54. The Morgan fingerprint density at radius 1 is 1.15 bits per heavy atom. The number of hydrogen-bond acceptors (Lipinski definition) is 5. The smallest absolute Gasteiger partial charge is 0.433 e. The molecule has 1 atom stereocenters. The first-order valence-corrected chi connectivity index (χ1v) is 10.5. The topological polar surface area (TPSA) is 72.9 Å². The van der Waals surface area contributed by atoms with Crippen LogP contribution in [0.4, 0.5) is 17.6 Å². The number of ether oxygens (including phenoxy) is 2. The fourth-order valence-corrected chi connectivity index (χ4v) is 3.86. The highest BCUT2D eigenvalue weighted by Gasteiger charge is 2.32. The molecule has 33 heavy (non-hydrogen) atoms.